The van der Waals surface area contributed by atoms with Crippen LogP contribution in [0.25, 0.3) is 0 Å². The third-order valence-electron chi connectivity index (χ3n) is 3.23. The van der Waals surface area contributed by atoms with Gasteiger partial charge in [0.1, 0.15) is 5.75 Å². The average Bonchev–Trinajstić information content (AvgIpc) is 2.52. The second-order valence-corrected chi connectivity index (χ2v) is 5.47. The minimum atomic E-state index is 0.547. The number of methoxy groups -OCH3 is 1. The van der Waals surface area contributed by atoms with Gasteiger partial charge in [-0.15, -0.1) is 0 Å². The van der Waals surface area contributed by atoms with Crippen LogP contribution < -0.4 is 15.4 Å². The van der Waals surface area contributed by atoms with E-state index in [1.54, 1.807) is 14.2 Å². The highest BCUT2D eigenvalue weighted by molar-refractivity contribution is 5.79. The van der Waals surface area contributed by atoms with Gasteiger partial charge in [-0.05, 0) is 18.4 Å². The van der Waals surface area contributed by atoms with Gasteiger partial charge in [-0.1, -0.05) is 32.0 Å². The number of hydrogen-bond donors (Lipinski definition) is 2. The van der Waals surface area contributed by atoms with Crippen LogP contribution in [0.1, 0.15) is 25.8 Å². The fraction of sp³-hybridized carbons (Fsp3) is 0.588. The normalized spacial score (nSPS) is 11.6. The predicted molar refractivity (Wildman–Crippen MR) is 91.5 cm³/mol. The smallest absolute Gasteiger partial charge is 0.191 e. The molecular formula is C17H29N3O2. The molecule has 124 valence electrons. The van der Waals surface area contributed by atoms with E-state index >= 15 is 0 Å². The molecule has 0 saturated carbocycles. The van der Waals surface area contributed by atoms with E-state index < -0.39 is 0 Å². The molecule has 2 N–H and O–H groups in total. The van der Waals surface area contributed by atoms with Gasteiger partial charge < -0.3 is 20.1 Å². The van der Waals surface area contributed by atoms with E-state index in [1.165, 1.54) is 0 Å². The molecule has 0 unspecified atom stereocenters. The standard InChI is InChI=1S/C17H29N3O2/c1-14(2)9-10-19-17(18-3)20-11-12-22-13-15-7-5-6-8-16(15)21-4/h5-8,14H,9-13H2,1-4H3,(H2,18,19,20). The largest absolute Gasteiger partial charge is 0.496 e. The van der Waals surface area contributed by atoms with Crippen molar-refractivity contribution in [2.45, 2.75) is 26.9 Å². The summed E-state index contributed by atoms with van der Waals surface area (Å²) in [7, 11) is 3.45. The molecule has 0 heterocycles. The second-order valence-electron chi connectivity index (χ2n) is 5.47. The molecule has 0 saturated heterocycles. The first-order chi connectivity index (χ1) is 10.7. The summed E-state index contributed by atoms with van der Waals surface area (Å²) in [5.74, 6) is 2.37. The van der Waals surface area contributed by atoms with E-state index in [-0.39, 0.29) is 0 Å². The molecule has 1 rings (SSSR count). The minimum absolute atomic E-state index is 0.547. The number of nitrogens with zero attached hydrogens (tertiary/aromatic N) is 1. The van der Waals surface area contributed by atoms with Crippen LogP contribution in [0, 0.1) is 5.92 Å². The zero-order chi connectivity index (χ0) is 16.2. The highest BCUT2D eigenvalue weighted by Crippen LogP contribution is 2.17. The Morgan fingerprint density at radius 2 is 1.91 bits per heavy atom. The summed E-state index contributed by atoms with van der Waals surface area (Å²) < 4.78 is 11.0. The Labute approximate surface area is 134 Å². The molecule has 0 aliphatic rings. The van der Waals surface area contributed by atoms with Gasteiger partial charge in [-0.2, -0.15) is 0 Å². The molecule has 5 nitrogen and oxygen atoms in total. The molecule has 5 heteroatoms. The van der Waals surface area contributed by atoms with Crippen LogP contribution in [0.4, 0.5) is 0 Å². The molecular weight excluding hydrogens is 278 g/mol. The quantitative estimate of drug-likeness (QED) is 0.418. The van der Waals surface area contributed by atoms with Crippen molar-refractivity contribution in [3.63, 3.8) is 0 Å². The molecule has 1 aromatic carbocycles. The van der Waals surface area contributed by atoms with Crippen molar-refractivity contribution in [3.8, 4) is 5.75 Å². The molecule has 0 aliphatic heterocycles. The van der Waals surface area contributed by atoms with Crippen molar-refractivity contribution < 1.29 is 9.47 Å². The lowest BCUT2D eigenvalue weighted by Crippen LogP contribution is -2.39. The summed E-state index contributed by atoms with van der Waals surface area (Å²) >= 11 is 0. The molecule has 0 bridgehead atoms. The van der Waals surface area contributed by atoms with Crippen molar-refractivity contribution in [2.24, 2.45) is 10.9 Å². The molecule has 22 heavy (non-hydrogen) atoms. The highest BCUT2D eigenvalue weighted by Gasteiger charge is 2.02. The summed E-state index contributed by atoms with van der Waals surface area (Å²) in [6.07, 6.45) is 1.13. The summed E-state index contributed by atoms with van der Waals surface area (Å²) in [4.78, 5) is 4.19. The maximum atomic E-state index is 5.67. The summed E-state index contributed by atoms with van der Waals surface area (Å²) in [6.45, 7) is 7.23. The summed E-state index contributed by atoms with van der Waals surface area (Å²) in [6, 6.07) is 7.90. The van der Waals surface area contributed by atoms with Crippen molar-refractivity contribution in [2.75, 3.05) is 33.9 Å². The summed E-state index contributed by atoms with van der Waals surface area (Å²) in [5.41, 5.74) is 1.06. The molecule has 0 atom stereocenters. The van der Waals surface area contributed by atoms with Crippen LogP contribution in [0.15, 0.2) is 29.3 Å². The van der Waals surface area contributed by atoms with Crippen LogP contribution in [0.2, 0.25) is 0 Å². The maximum absolute atomic E-state index is 5.67. The van der Waals surface area contributed by atoms with Gasteiger partial charge in [0.25, 0.3) is 0 Å². The van der Waals surface area contributed by atoms with Crippen LogP contribution in [-0.4, -0.2) is 39.8 Å². The molecule has 0 radical (unpaired) electrons. The summed E-state index contributed by atoms with van der Waals surface area (Å²) in [5, 5.41) is 6.53. The number of aliphatic imine (C=N–C) groups is 1. The lowest BCUT2D eigenvalue weighted by atomic mass is 10.1. The highest BCUT2D eigenvalue weighted by atomic mass is 16.5. The minimum Gasteiger partial charge on any atom is -0.496 e. The number of nitrogens with one attached hydrogen (secondary N) is 2. The third-order valence-corrected chi connectivity index (χ3v) is 3.23. The average molecular weight is 307 g/mol. The van der Waals surface area contributed by atoms with Gasteiger partial charge in [-0.25, -0.2) is 0 Å². The maximum Gasteiger partial charge on any atom is 0.191 e. The lowest BCUT2D eigenvalue weighted by molar-refractivity contribution is 0.123. The number of para-hydroxylation sites is 1. The van der Waals surface area contributed by atoms with E-state index in [0.717, 1.165) is 36.8 Å². The second kappa shape index (κ2) is 10.9. The van der Waals surface area contributed by atoms with Crippen molar-refractivity contribution >= 4 is 5.96 Å². The molecule has 1 aromatic rings. The fourth-order valence-electron chi connectivity index (χ4n) is 1.95. The Morgan fingerprint density at radius 1 is 1.18 bits per heavy atom. The first-order valence-electron chi connectivity index (χ1n) is 7.81. The fourth-order valence-corrected chi connectivity index (χ4v) is 1.95. The topological polar surface area (TPSA) is 54.9 Å². The SMILES string of the molecule is CN=C(NCCOCc1ccccc1OC)NCCC(C)C. The van der Waals surface area contributed by atoms with E-state index in [0.29, 0.717) is 19.1 Å². The van der Waals surface area contributed by atoms with Crippen molar-refractivity contribution in [3.05, 3.63) is 29.8 Å². The molecule has 0 amide bonds. The first-order valence-corrected chi connectivity index (χ1v) is 7.81. The van der Waals surface area contributed by atoms with Crippen LogP contribution >= 0.6 is 0 Å². The number of hydrogen-bond acceptors (Lipinski definition) is 3. The van der Waals surface area contributed by atoms with Crippen LogP contribution in [0.5, 0.6) is 5.75 Å². The van der Waals surface area contributed by atoms with E-state index in [1.807, 2.05) is 24.3 Å². The first kappa shape index (κ1) is 18.3. The molecule has 0 spiro atoms. The van der Waals surface area contributed by atoms with Gasteiger partial charge in [-0.3, -0.25) is 4.99 Å². The lowest BCUT2D eigenvalue weighted by Gasteiger charge is -2.13. The Hall–Kier alpha value is -1.75. The Morgan fingerprint density at radius 3 is 2.59 bits per heavy atom. The van der Waals surface area contributed by atoms with E-state index in [2.05, 4.69) is 29.5 Å². The van der Waals surface area contributed by atoms with Crippen molar-refractivity contribution in [1.29, 1.82) is 0 Å². The van der Waals surface area contributed by atoms with Crippen LogP contribution in [0.3, 0.4) is 0 Å². The van der Waals surface area contributed by atoms with Crippen molar-refractivity contribution in [1.82, 2.24) is 10.6 Å². The zero-order valence-corrected chi connectivity index (χ0v) is 14.2. The Balaban J connectivity index is 2.18. The number of guanidine groups is 1. The number of benzene rings is 1. The molecule has 0 fully saturated rings. The van der Waals surface area contributed by atoms with Gasteiger partial charge >= 0.3 is 0 Å². The predicted octanol–water partition coefficient (Wildman–Crippen LogP) is 2.42. The van der Waals surface area contributed by atoms with E-state index in [9.17, 15) is 0 Å². The number of ether oxygens (including phenoxy) is 2. The zero-order valence-electron chi connectivity index (χ0n) is 14.2. The van der Waals surface area contributed by atoms with Gasteiger partial charge in [0.2, 0.25) is 0 Å². The van der Waals surface area contributed by atoms with Gasteiger partial charge in [0.15, 0.2) is 5.96 Å². The Kier molecular flexibility index (Phi) is 9.07. The monoisotopic (exact) mass is 307 g/mol. The van der Waals surface area contributed by atoms with Gasteiger partial charge in [0, 0.05) is 25.7 Å². The van der Waals surface area contributed by atoms with E-state index in [4.69, 9.17) is 9.47 Å². The Bertz CT molecular complexity index is 447. The molecule has 0 aromatic heterocycles. The van der Waals surface area contributed by atoms with Crippen LogP contribution in [-0.2, 0) is 11.3 Å². The third kappa shape index (κ3) is 7.31. The molecule has 0 aliphatic carbocycles. The van der Waals surface area contributed by atoms with Gasteiger partial charge in [0.05, 0.1) is 20.3 Å². The number of rotatable bonds is 9.